The van der Waals surface area contributed by atoms with Crippen molar-refractivity contribution in [2.75, 3.05) is 32.2 Å². The lowest BCUT2D eigenvalue weighted by atomic mass is 9.49. The molecule has 0 spiro atoms. The van der Waals surface area contributed by atoms with Crippen LogP contribution in [0.1, 0.15) is 55.8 Å². The van der Waals surface area contributed by atoms with Crippen LogP contribution in [0.2, 0.25) is 5.02 Å². The van der Waals surface area contributed by atoms with E-state index >= 15 is 0 Å². The van der Waals surface area contributed by atoms with Gasteiger partial charge in [0.05, 0.1) is 16.3 Å². The lowest BCUT2D eigenvalue weighted by Crippen LogP contribution is -2.51. The molecular weight excluding hydrogens is 358 g/mol. The first-order valence-electron chi connectivity index (χ1n) is 10.4. The summed E-state index contributed by atoms with van der Waals surface area (Å²) >= 11 is 6.38. The Kier molecular flexibility index (Phi) is 5.15. The fraction of sp³-hybridized carbons (Fsp3) is 0.682. The predicted octanol–water partition coefficient (Wildman–Crippen LogP) is 4.59. The third kappa shape index (κ3) is 3.71. The summed E-state index contributed by atoms with van der Waals surface area (Å²) in [5, 5.41) is 7.92. The van der Waals surface area contributed by atoms with E-state index in [2.05, 4.69) is 17.2 Å². The zero-order valence-corrected chi connectivity index (χ0v) is 17.6. The molecule has 148 valence electrons. The summed E-state index contributed by atoms with van der Waals surface area (Å²) in [5.74, 6) is 2.67. The summed E-state index contributed by atoms with van der Waals surface area (Å²) < 4.78 is 0. The van der Waals surface area contributed by atoms with E-state index in [0.717, 1.165) is 36.5 Å². The molecule has 0 aromatic heterocycles. The summed E-state index contributed by atoms with van der Waals surface area (Å²) in [6.45, 7) is 3.74. The molecule has 27 heavy (non-hydrogen) atoms. The first-order chi connectivity index (χ1) is 12.9. The van der Waals surface area contributed by atoms with E-state index in [9.17, 15) is 4.79 Å². The van der Waals surface area contributed by atoms with Gasteiger partial charge in [0, 0.05) is 27.2 Å². The van der Waals surface area contributed by atoms with Crippen LogP contribution < -0.4 is 10.3 Å². The van der Waals surface area contributed by atoms with Gasteiger partial charge in [-0.15, -0.1) is 0 Å². The van der Waals surface area contributed by atoms with Crippen molar-refractivity contribution in [3.05, 3.63) is 28.8 Å². The molecule has 5 heteroatoms. The molecule has 1 amide bonds. The molecule has 1 aromatic carbocycles. The van der Waals surface area contributed by atoms with Gasteiger partial charge in [-0.3, -0.25) is 4.79 Å². The van der Waals surface area contributed by atoms with Crippen LogP contribution >= 0.6 is 11.6 Å². The average Bonchev–Trinajstić information content (AvgIpc) is 2.60. The van der Waals surface area contributed by atoms with E-state index in [1.54, 1.807) is 0 Å². The highest BCUT2D eigenvalue weighted by Gasteiger charge is 2.50. The van der Waals surface area contributed by atoms with Crippen LogP contribution in [0.15, 0.2) is 18.2 Å². The number of rotatable bonds is 6. The first kappa shape index (κ1) is 19.1. The normalized spacial score (nSPS) is 31.4. The van der Waals surface area contributed by atoms with Crippen LogP contribution in [0.4, 0.5) is 5.69 Å². The van der Waals surface area contributed by atoms with E-state index in [0.29, 0.717) is 16.0 Å². The fourth-order valence-corrected chi connectivity index (χ4v) is 6.62. The first-order valence-corrected chi connectivity index (χ1v) is 10.8. The Morgan fingerprint density at radius 2 is 1.74 bits per heavy atom. The van der Waals surface area contributed by atoms with Gasteiger partial charge in [-0.1, -0.05) is 11.6 Å². The van der Waals surface area contributed by atoms with E-state index in [4.69, 9.17) is 11.6 Å². The molecular formula is C22H32ClN3O. The third-order valence-corrected chi connectivity index (χ3v) is 7.39. The molecule has 4 saturated carbocycles. The molecule has 5 rings (SSSR count). The molecule has 0 saturated heterocycles. The SMILES string of the molecule is CCN(c1ccc(Cl)c(C(=O)NCC23CC4CC(CC(C4)C2)C3)c1)N(C)C. The second kappa shape index (κ2) is 7.29. The molecule has 0 radical (unpaired) electrons. The van der Waals surface area contributed by atoms with Crippen LogP contribution in [0.5, 0.6) is 0 Å². The Bertz CT molecular complexity index is 682. The molecule has 4 bridgehead atoms. The second-order valence-electron chi connectivity index (χ2n) is 9.33. The number of hydrogen-bond acceptors (Lipinski definition) is 3. The van der Waals surface area contributed by atoms with Gasteiger partial charge < -0.3 is 10.3 Å². The number of carbonyl (C=O) groups is 1. The van der Waals surface area contributed by atoms with Gasteiger partial charge in [-0.25, -0.2) is 5.01 Å². The molecule has 4 nitrogen and oxygen atoms in total. The van der Waals surface area contributed by atoms with Gasteiger partial charge in [0.25, 0.3) is 5.91 Å². The van der Waals surface area contributed by atoms with Crippen LogP contribution in [-0.2, 0) is 0 Å². The fourth-order valence-electron chi connectivity index (χ4n) is 6.41. The maximum Gasteiger partial charge on any atom is 0.252 e. The highest BCUT2D eigenvalue weighted by molar-refractivity contribution is 6.34. The van der Waals surface area contributed by atoms with Gasteiger partial charge in [-0.2, -0.15) is 0 Å². The second-order valence-corrected chi connectivity index (χ2v) is 9.73. The summed E-state index contributed by atoms with van der Waals surface area (Å²) in [5.41, 5.74) is 1.92. The lowest BCUT2D eigenvalue weighted by Gasteiger charge is -2.56. The van der Waals surface area contributed by atoms with E-state index in [1.807, 2.05) is 37.3 Å². The topological polar surface area (TPSA) is 35.6 Å². The minimum Gasteiger partial charge on any atom is -0.351 e. The number of hydrogen-bond donors (Lipinski definition) is 1. The largest absolute Gasteiger partial charge is 0.351 e. The maximum atomic E-state index is 13.0. The van der Waals surface area contributed by atoms with Crippen molar-refractivity contribution in [1.82, 2.24) is 10.3 Å². The quantitative estimate of drug-likeness (QED) is 0.723. The van der Waals surface area contributed by atoms with Gasteiger partial charge in [-0.05, 0) is 86.8 Å². The molecule has 0 aliphatic heterocycles. The van der Waals surface area contributed by atoms with Crippen molar-refractivity contribution in [3.63, 3.8) is 0 Å². The summed E-state index contributed by atoms with van der Waals surface area (Å²) in [6.07, 6.45) is 8.20. The lowest BCUT2D eigenvalue weighted by molar-refractivity contribution is -0.0503. The smallest absolute Gasteiger partial charge is 0.252 e. The third-order valence-electron chi connectivity index (χ3n) is 7.06. The monoisotopic (exact) mass is 389 g/mol. The maximum absolute atomic E-state index is 13.0. The summed E-state index contributed by atoms with van der Waals surface area (Å²) in [4.78, 5) is 13.0. The summed E-state index contributed by atoms with van der Waals surface area (Å²) in [7, 11) is 4.01. The molecule has 0 atom stereocenters. The number of anilines is 1. The summed E-state index contributed by atoms with van der Waals surface area (Å²) in [6, 6.07) is 5.73. The minimum atomic E-state index is -0.0348. The van der Waals surface area contributed by atoms with Crippen LogP contribution in [0, 0.1) is 23.2 Å². The molecule has 0 unspecified atom stereocenters. The molecule has 4 aliphatic carbocycles. The van der Waals surface area contributed by atoms with Gasteiger partial charge in [0.2, 0.25) is 0 Å². The molecule has 4 aliphatic rings. The van der Waals surface area contributed by atoms with Crippen molar-refractivity contribution in [2.45, 2.75) is 45.4 Å². The van der Waals surface area contributed by atoms with Crippen molar-refractivity contribution in [1.29, 1.82) is 0 Å². The Labute approximate surface area is 168 Å². The molecule has 1 aromatic rings. The number of amides is 1. The highest BCUT2D eigenvalue weighted by Crippen LogP contribution is 2.59. The van der Waals surface area contributed by atoms with Crippen LogP contribution in [0.25, 0.3) is 0 Å². The Hall–Kier alpha value is -1.26. The minimum absolute atomic E-state index is 0.0348. The van der Waals surface area contributed by atoms with Crippen molar-refractivity contribution >= 4 is 23.2 Å². The van der Waals surface area contributed by atoms with Crippen LogP contribution in [0.3, 0.4) is 0 Å². The zero-order valence-electron chi connectivity index (χ0n) is 16.8. The Morgan fingerprint density at radius 1 is 1.15 bits per heavy atom. The average molecular weight is 390 g/mol. The molecule has 4 fully saturated rings. The zero-order chi connectivity index (χ0) is 19.2. The predicted molar refractivity (Wildman–Crippen MR) is 111 cm³/mol. The number of nitrogens with one attached hydrogen (secondary N) is 1. The number of benzene rings is 1. The molecule has 0 heterocycles. The van der Waals surface area contributed by atoms with Crippen molar-refractivity contribution in [2.24, 2.45) is 23.2 Å². The van der Waals surface area contributed by atoms with Crippen molar-refractivity contribution < 1.29 is 4.79 Å². The number of halogens is 1. The van der Waals surface area contributed by atoms with Gasteiger partial charge in [0.15, 0.2) is 0 Å². The number of carbonyl (C=O) groups excluding carboxylic acids is 1. The van der Waals surface area contributed by atoms with Gasteiger partial charge in [0.1, 0.15) is 0 Å². The van der Waals surface area contributed by atoms with E-state index in [1.165, 1.54) is 38.5 Å². The van der Waals surface area contributed by atoms with Crippen molar-refractivity contribution in [3.8, 4) is 0 Å². The van der Waals surface area contributed by atoms with E-state index < -0.39 is 0 Å². The standard InChI is InChI=1S/C22H32ClN3O/c1-4-26(25(2)3)18-5-6-20(23)19(10-18)21(27)24-14-22-11-15-7-16(12-22)9-17(8-15)13-22/h5-6,10,15-17H,4,7-9,11-14H2,1-3H3,(H,24,27). The van der Waals surface area contributed by atoms with E-state index in [-0.39, 0.29) is 5.91 Å². The van der Waals surface area contributed by atoms with Crippen LogP contribution in [-0.4, -0.2) is 38.1 Å². The highest BCUT2D eigenvalue weighted by atomic mass is 35.5. The Morgan fingerprint density at radius 3 is 2.26 bits per heavy atom. The number of nitrogens with zero attached hydrogens (tertiary/aromatic N) is 2. The Balaban J connectivity index is 1.47. The number of hydrazine groups is 1. The molecule has 1 N–H and O–H groups in total. The van der Waals surface area contributed by atoms with Gasteiger partial charge >= 0.3 is 0 Å².